The average molecular weight is 355 g/mol. The number of para-hydroxylation sites is 1. The Labute approximate surface area is 145 Å². The molecule has 2 amide bonds. The van der Waals surface area contributed by atoms with Crippen LogP contribution in [0.1, 0.15) is 20.9 Å². The Kier molecular flexibility index (Phi) is 4.79. The van der Waals surface area contributed by atoms with Crippen LogP contribution in [0.5, 0.6) is 0 Å². The summed E-state index contributed by atoms with van der Waals surface area (Å²) in [5.74, 6) is -2.24. The van der Waals surface area contributed by atoms with E-state index >= 15 is 0 Å². The molecule has 26 heavy (non-hydrogen) atoms. The zero-order valence-electron chi connectivity index (χ0n) is 13.3. The normalized spacial score (nSPS) is 10.3. The Morgan fingerprint density at radius 3 is 2.65 bits per heavy atom. The Morgan fingerprint density at radius 1 is 1.08 bits per heavy atom. The fraction of sp³-hybridized carbons (Fsp3) is 0.0588. The maximum Gasteiger partial charge on any atom is 0.339 e. The Balaban J connectivity index is 1.60. The van der Waals surface area contributed by atoms with Crippen LogP contribution in [-0.2, 0) is 9.53 Å². The Morgan fingerprint density at radius 2 is 1.88 bits per heavy atom. The van der Waals surface area contributed by atoms with Crippen LogP contribution < -0.4 is 16.4 Å². The number of pyridine rings is 1. The van der Waals surface area contributed by atoms with Gasteiger partial charge in [-0.15, -0.1) is 0 Å². The van der Waals surface area contributed by atoms with Crippen molar-refractivity contribution in [3.63, 3.8) is 0 Å². The van der Waals surface area contributed by atoms with Gasteiger partial charge in [-0.05, 0) is 18.2 Å². The monoisotopic (exact) mass is 355 g/mol. The summed E-state index contributed by atoms with van der Waals surface area (Å²) in [6.07, 6.45) is 1.31. The van der Waals surface area contributed by atoms with Gasteiger partial charge >= 0.3 is 11.9 Å². The number of carbonyl (C=O) groups excluding carboxylic acids is 3. The van der Waals surface area contributed by atoms with Crippen LogP contribution in [-0.4, -0.2) is 29.4 Å². The van der Waals surface area contributed by atoms with Crippen molar-refractivity contribution in [1.82, 2.24) is 15.8 Å². The number of H-pyrrole nitrogens is 1. The van der Waals surface area contributed by atoms with Crippen molar-refractivity contribution in [2.45, 2.75) is 0 Å². The molecule has 0 aliphatic heterocycles. The number of esters is 1. The minimum Gasteiger partial charge on any atom is -0.459 e. The van der Waals surface area contributed by atoms with Crippen molar-refractivity contribution in [2.75, 3.05) is 6.61 Å². The summed E-state index contributed by atoms with van der Waals surface area (Å²) in [6, 6.07) is 10.7. The molecular weight excluding hydrogens is 342 g/mol. The highest BCUT2D eigenvalue weighted by Gasteiger charge is 2.15. The molecule has 0 atom stereocenters. The van der Waals surface area contributed by atoms with E-state index in [9.17, 15) is 19.2 Å². The number of aromatic nitrogens is 1. The molecule has 1 aromatic carbocycles. The number of hydrogen-bond donors (Lipinski definition) is 3. The second-order valence-electron chi connectivity index (χ2n) is 5.15. The van der Waals surface area contributed by atoms with Gasteiger partial charge in [0.1, 0.15) is 0 Å². The molecule has 132 valence electrons. The maximum absolute atomic E-state index is 12.2. The number of carbonyl (C=O) groups is 3. The van der Waals surface area contributed by atoms with E-state index in [-0.39, 0.29) is 11.3 Å². The van der Waals surface area contributed by atoms with Crippen molar-refractivity contribution >= 4 is 28.7 Å². The number of furan rings is 1. The van der Waals surface area contributed by atoms with Crippen LogP contribution in [0.3, 0.4) is 0 Å². The molecular formula is C17H13N3O6. The number of benzene rings is 1. The van der Waals surface area contributed by atoms with Crippen LogP contribution in [0.25, 0.3) is 10.9 Å². The number of hydrazine groups is 1. The highest BCUT2D eigenvalue weighted by molar-refractivity contribution is 6.03. The minimum absolute atomic E-state index is 0.0114. The fourth-order valence-corrected chi connectivity index (χ4v) is 2.21. The van der Waals surface area contributed by atoms with Gasteiger partial charge in [0.2, 0.25) is 5.56 Å². The first kappa shape index (κ1) is 17.0. The molecule has 2 aromatic heterocycles. The summed E-state index contributed by atoms with van der Waals surface area (Å²) >= 11 is 0. The van der Waals surface area contributed by atoms with Crippen LogP contribution >= 0.6 is 0 Å². The quantitative estimate of drug-likeness (QED) is 0.467. The molecule has 3 aromatic rings. The van der Waals surface area contributed by atoms with Crippen molar-refractivity contribution < 1.29 is 23.5 Å². The predicted octanol–water partition coefficient (Wildman–Crippen LogP) is 0.739. The minimum atomic E-state index is -0.834. The SMILES string of the molecule is O=C(COC(=O)c1cc(=O)[nH]c2ccccc12)NNC(=O)c1ccco1. The molecule has 0 aliphatic carbocycles. The average Bonchev–Trinajstić information content (AvgIpc) is 3.18. The molecule has 3 N–H and O–H groups in total. The van der Waals surface area contributed by atoms with Gasteiger partial charge in [0, 0.05) is 17.0 Å². The molecule has 0 spiro atoms. The zero-order valence-corrected chi connectivity index (χ0v) is 13.3. The van der Waals surface area contributed by atoms with Gasteiger partial charge in [0.05, 0.1) is 11.8 Å². The lowest BCUT2D eigenvalue weighted by atomic mass is 10.1. The summed E-state index contributed by atoms with van der Waals surface area (Å²) in [5, 5.41) is 0.489. The second kappa shape index (κ2) is 7.34. The summed E-state index contributed by atoms with van der Waals surface area (Å²) in [5.41, 5.74) is 4.24. The van der Waals surface area contributed by atoms with Crippen LogP contribution in [0.15, 0.2) is 57.9 Å². The molecule has 0 unspecified atom stereocenters. The van der Waals surface area contributed by atoms with Crippen molar-refractivity contribution in [3.8, 4) is 0 Å². The molecule has 0 saturated carbocycles. The third kappa shape index (κ3) is 3.78. The van der Waals surface area contributed by atoms with E-state index in [4.69, 9.17) is 9.15 Å². The topological polar surface area (TPSA) is 130 Å². The number of rotatable bonds is 4. The van der Waals surface area contributed by atoms with Gasteiger partial charge in [-0.2, -0.15) is 0 Å². The van der Waals surface area contributed by atoms with E-state index in [0.29, 0.717) is 10.9 Å². The van der Waals surface area contributed by atoms with Gasteiger partial charge in [0.15, 0.2) is 12.4 Å². The predicted molar refractivity (Wildman–Crippen MR) is 89.2 cm³/mol. The molecule has 0 bridgehead atoms. The molecule has 9 heteroatoms. The van der Waals surface area contributed by atoms with E-state index < -0.39 is 29.9 Å². The molecule has 0 radical (unpaired) electrons. The Bertz CT molecular complexity index is 1020. The lowest BCUT2D eigenvalue weighted by Crippen LogP contribution is -2.43. The first-order valence-electron chi connectivity index (χ1n) is 7.46. The summed E-state index contributed by atoms with van der Waals surface area (Å²) < 4.78 is 9.75. The van der Waals surface area contributed by atoms with Gasteiger partial charge in [-0.25, -0.2) is 4.79 Å². The van der Waals surface area contributed by atoms with Crippen LogP contribution in [0, 0.1) is 0 Å². The highest BCUT2D eigenvalue weighted by atomic mass is 16.5. The number of amides is 2. The third-order valence-electron chi connectivity index (χ3n) is 3.37. The van der Waals surface area contributed by atoms with E-state index in [1.165, 1.54) is 18.4 Å². The number of hydrogen-bond acceptors (Lipinski definition) is 6. The van der Waals surface area contributed by atoms with E-state index in [1.807, 2.05) is 0 Å². The standard InChI is InChI=1S/C17H13N3O6/c21-14-8-11(10-4-1-2-5-12(10)18-14)17(24)26-9-15(22)19-20-16(23)13-6-3-7-25-13/h1-8H,9H2,(H,18,21)(H,19,22)(H,20,23). The molecule has 9 nitrogen and oxygen atoms in total. The lowest BCUT2D eigenvalue weighted by Gasteiger charge is -2.08. The molecule has 3 rings (SSSR count). The lowest BCUT2D eigenvalue weighted by molar-refractivity contribution is -0.125. The number of aromatic amines is 1. The van der Waals surface area contributed by atoms with E-state index in [2.05, 4.69) is 15.8 Å². The first-order valence-corrected chi connectivity index (χ1v) is 7.46. The largest absolute Gasteiger partial charge is 0.459 e. The molecule has 2 heterocycles. The van der Waals surface area contributed by atoms with Gasteiger partial charge < -0.3 is 14.1 Å². The van der Waals surface area contributed by atoms with Gasteiger partial charge in [-0.1, -0.05) is 18.2 Å². The van der Waals surface area contributed by atoms with Gasteiger partial charge in [-0.3, -0.25) is 25.2 Å². The van der Waals surface area contributed by atoms with Crippen LogP contribution in [0.2, 0.25) is 0 Å². The summed E-state index contributed by atoms with van der Waals surface area (Å²) in [6.45, 7) is -0.640. The smallest absolute Gasteiger partial charge is 0.339 e. The third-order valence-corrected chi connectivity index (χ3v) is 3.37. The fourth-order valence-electron chi connectivity index (χ4n) is 2.21. The molecule has 0 aliphatic rings. The first-order chi connectivity index (χ1) is 12.5. The van der Waals surface area contributed by atoms with Crippen LogP contribution in [0.4, 0.5) is 0 Å². The second-order valence-corrected chi connectivity index (χ2v) is 5.15. The summed E-state index contributed by atoms with van der Waals surface area (Å²) in [4.78, 5) is 49.7. The van der Waals surface area contributed by atoms with Crippen molar-refractivity contribution in [1.29, 1.82) is 0 Å². The van der Waals surface area contributed by atoms with Crippen molar-refractivity contribution in [2.24, 2.45) is 0 Å². The number of nitrogens with one attached hydrogen (secondary N) is 3. The van der Waals surface area contributed by atoms with E-state index in [0.717, 1.165) is 6.07 Å². The van der Waals surface area contributed by atoms with E-state index in [1.54, 1.807) is 24.3 Å². The Hall–Kier alpha value is -3.88. The van der Waals surface area contributed by atoms with Crippen molar-refractivity contribution in [3.05, 3.63) is 70.4 Å². The number of ether oxygens (including phenoxy) is 1. The maximum atomic E-state index is 12.2. The molecule has 0 saturated heterocycles. The number of fused-ring (bicyclic) bond motifs is 1. The highest BCUT2D eigenvalue weighted by Crippen LogP contribution is 2.15. The summed E-state index contributed by atoms with van der Waals surface area (Å²) in [7, 11) is 0. The molecule has 0 fully saturated rings. The zero-order chi connectivity index (χ0) is 18.5. The van der Waals surface area contributed by atoms with Gasteiger partial charge in [0.25, 0.3) is 5.91 Å².